The molecule has 0 saturated carbocycles. The summed E-state index contributed by atoms with van der Waals surface area (Å²) in [6.45, 7) is 2.81. The van der Waals surface area contributed by atoms with Crippen LogP contribution in [-0.4, -0.2) is 58.9 Å². The Balaban J connectivity index is 1.32. The van der Waals surface area contributed by atoms with Crippen molar-refractivity contribution in [2.24, 2.45) is 5.92 Å². The van der Waals surface area contributed by atoms with Gasteiger partial charge in [-0.15, -0.1) is 0 Å². The highest BCUT2D eigenvalue weighted by molar-refractivity contribution is 5.36. The van der Waals surface area contributed by atoms with E-state index in [1.165, 1.54) is 18.2 Å². The van der Waals surface area contributed by atoms with Gasteiger partial charge in [-0.3, -0.25) is 0 Å². The van der Waals surface area contributed by atoms with E-state index in [-0.39, 0.29) is 24.0 Å². The van der Waals surface area contributed by atoms with Crippen LogP contribution in [0.2, 0.25) is 0 Å². The first-order valence-electron chi connectivity index (χ1n) is 11.4. The standard InChI is InChI=1S/C25H33F2NO4/c1-16(5-6-17-13-19(26)3-2-4-21(17)29)23(31)15-28-12-11-22(30)25-9-7-18-14-20(27)8-10-24(18)32-25/h3,8,13-14,16,21-25,28-31H,5-7,9-12,15H2,1H3/t16?,21?,22?,23-,24?,25?/m0/s1. The van der Waals surface area contributed by atoms with Crippen molar-refractivity contribution in [2.45, 2.75) is 76.0 Å². The number of aliphatic hydroxyl groups excluding tert-OH is 3. The van der Waals surface area contributed by atoms with Gasteiger partial charge in [-0.05, 0) is 80.4 Å². The smallest absolute Gasteiger partial charge is 0.137 e. The molecule has 3 aliphatic rings. The maximum atomic E-state index is 13.5. The van der Waals surface area contributed by atoms with Crippen LogP contribution in [-0.2, 0) is 4.74 Å². The average Bonchev–Trinajstić information content (AvgIpc) is 2.94. The van der Waals surface area contributed by atoms with Crippen molar-refractivity contribution in [3.8, 4) is 11.8 Å². The highest BCUT2D eigenvalue weighted by Crippen LogP contribution is 2.33. The molecule has 0 aromatic rings. The number of allylic oxidation sites excluding steroid dienone is 5. The van der Waals surface area contributed by atoms with E-state index in [1.54, 1.807) is 0 Å². The van der Waals surface area contributed by atoms with E-state index in [0.29, 0.717) is 50.8 Å². The van der Waals surface area contributed by atoms with Gasteiger partial charge >= 0.3 is 0 Å². The topological polar surface area (TPSA) is 82.0 Å². The molecule has 0 amide bonds. The van der Waals surface area contributed by atoms with Gasteiger partial charge in [0.15, 0.2) is 0 Å². The van der Waals surface area contributed by atoms with E-state index in [2.05, 4.69) is 17.2 Å². The van der Waals surface area contributed by atoms with Gasteiger partial charge in [0, 0.05) is 12.6 Å². The Bertz CT molecular complexity index is 839. The van der Waals surface area contributed by atoms with Crippen LogP contribution in [0.4, 0.5) is 8.78 Å². The fourth-order valence-corrected chi connectivity index (χ4v) is 4.21. The molecule has 0 bridgehead atoms. The van der Waals surface area contributed by atoms with E-state index in [4.69, 9.17) is 4.74 Å². The Hall–Kier alpha value is -1.82. The molecular weight excluding hydrogens is 416 g/mol. The molecule has 1 aliphatic heterocycles. The minimum Gasteiger partial charge on any atom is -0.392 e. The quantitative estimate of drug-likeness (QED) is 0.305. The van der Waals surface area contributed by atoms with Crippen LogP contribution in [0.25, 0.3) is 0 Å². The van der Waals surface area contributed by atoms with Crippen LogP contribution >= 0.6 is 0 Å². The van der Waals surface area contributed by atoms with E-state index < -0.39 is 24.1 Å². The van der Waals surface area contributed by atoms with Crippen molar-refractivity contribution in [3.05, 3.63) is 47.1 Å². The maximum Gasteiger partial charge on any atom is 0.137 e. The second-order valence-electron chi connectivity index (χ2n) is 8.83. The molecule has 1 fully saturated rings. The summed E-state index contributed by atoms with van der Waals surface area (Å²) in [5, 5.41) is 34.0. The van der Waals surface area contributed by atoms with Gasteiger partial charge in [0.05, 0.1) is 24.4 Å². The third-order valence-electron chi connectivity index (χ3n) is 6.37. The highest BCUT2D eigenvalue weighted by atomic mass is 19.1. The van der Waals surface area contributed by atoms with Crippen molar-refractivity contribution in [2.75, 3.05) is 13.1 Å². The second-order valence-corrected chi connectivity index (χ2v) is 8.83. The first-order chi connectivity index (χ1) is 15.3. The molecule has 0 spiro atoms. The van der Waals surface area contributed by atoms with E-state index in [1.807, 2.05) is 6.92 Å². The van der Waals surface area contributed by atoms with Gasteiger partial charge in [-0.25, -0.2) is 8.78 Å². The first kappa shape index (κ1) is 24.8. The lowest BCUT2D eigenvalue weighted by molar-refractivity contribution is -0.0853. The van der Waals surface area contributed by atoms with Crippen LogP contribution < -0.4 is 5.32 Å². The fraction of sp³-hybridized carbons (Fsp3) is 0.600. The Kier molecular flexibility index (Phi) is 9.21. The summed E-state index contributed by atoms with van der Waals surface area (Å²) in [6, 6.07) is 0. The normalized spacial score (nSPS) is 28.0. The van der Waals surface area contributed by atoms with Gasteiger partial charge < -0.3 is 25.4 Å². The minimum atomic E-state index is -0.985. The monoisotopic (exact) mass is 449 g/mol. The van der Waals surface area contributed by atoms with Crippen LogP contribution in [0, 0.1) is 17.8 Å². The summed E-state index contributed by atoms with van der Waals surface area (Å²) in [5.41, 5.74) is 1.47. The molecule has 176 valence electrons. The molecule has 1 saturated heterocycles. The van der Waals surface area contributed by atoms with Crippen molar-refractivity contribution >= 4 is 0 Å². The minimum absolute atomic E-state index is 0.0598. The summed E-state index contributed by atoms with van der Waals surface area (Å²) in [4.78, 5) is 0. The number of rotatable bonds is 10. The summed E-state index contributed by atoms with van der Waals surface area (Å²) < 4.78 is 32.8. The highest BCUT2D eigenvalue weighted by Gasteiger charge is 2.31. The molecule has 2 aliphatic carbocycles. The number of fused-ring (bicyclic) bond motifs is 1. The SMILES string of the molecule is CC(CCC1=CC(F)=CC#CC1O)[C@@H](O)CNCCC(O)C1CCC2=CC(F)=CCC2O1. The number of halogens is 2. The summed E-state index contributed by atoms with van der Waals surface area (Å²) in [6.07, 6.45) is 6.28. The molecule has 0 aromatic carbocycles. The number of ether oxygens (including phenoxy) is 1. The zero-order chi connectivity index (χ0) is 23.1. The molecule has 4 N–H and O–H groups in total. The largest absolute Gasteiger partial charge is 0.392 e. The average molecular weight is 450 g/mol. The molecule has 7 heteroatoms. The summed E-state index contributed by atoms with van der Waals surface area (Å²) in [5.74, 6) is 4.29. The molecule has 6 atom stereocenters. The second kappa shape index (κ2) is 11.9. The number of hydrogen-bond donors (Lipinski definition) is 4. The maximum absolute atomic E-state index is 13.5. The van der Waals surface area contributed by atoms with E-state index in [0.717, 1.165) is 18.1 Å². The Morgan fingerprint density at radius 1 is 1.22 bits per heavy atom. The Morgan fingerprint density at radius 2 is 2.03 bits per heavy atom. The molecule has 0 radical (unpaired) electrons. The molecule has 3 rings (SSSR count). The molecule has 1 heterocycles. The lowest BCUT2D eigenvalue weighted by Gasteiger charge is -2.35. The van der Waals surface area contributed by atoms with Gasteiger partial charge in [0.2, 0.25) is 0 Å². The van der Waals surface area contributed by atoms with Gasteiger partial charge in [0.1, 0.15) is 17.8 Å². The fourth-order valence-electron chi connectivity index (χ4n) is 4.21. The van der Waals surface area contributed by atoms with Crippen molar-refractivity contribution in [1.29, 1.82) is 0 Å². The molecule has 0 aromatic heterocycles. The van der Waals surface area contributed by atoms with Crippen molar-refractivity contribution < 1.29 is 28.8 Å². The third kappa shape index (κ3) is 7.09. The zero-order valence-electron chi connectivity index (χ0n) is 18.4. The Morgan fingerprint density at radius 3 is 2.84 bits per heavy atom. The van der Waals surface area contributed by atoms with Crippen LogP contribution in [0.15, 0.2) is 47.1 Å². The predicted octanol–water partition coefficient (Wildman–Crippen LogP) is 2.99. The zero-order valence-corrected chi connectivity index (χ0v) is 18.4. The lowest BCUT2D eigenvalue weighted by atomic mass is 9.90. The summed E-state index contributed by atoms with van der Waals surface area (Å²) in [7, 11) is 0. The third-order valence-corrected chi connectivity index (χ3v) is 6.37. The Labute approximate surface area is 188 Å². The van der Waals surface area contributed by atoms with Crippen molar-refractivity contribution in [3.63, 3.8) is 0 Å². The number of nitrogens with one attached hydrogen (secondary N) is 1. The van der Waals surface area contributed by atoms with Crippen LogP contribution in [0.5, 0.6) is 0 Å². The van der Waals surface area contributed by atoms with Crippen LogP contribution in [0.3, 0.4) is 0 Å². The molecule has 32 heavy (non-hydrogen) atoms. The number of hydrogen-bond acceptors (Lipinski definition) is 5. The summed E-state index contributed by atoms with van der Waals surface area (Å²) >= 11 is 0. The predicted molar refractivity (Wildman–Crippen MR) is 119 cm³/mol. The van der Waals surface area contributed by atoms with Gasteiger partial charge in [-0.2, -0.15) is 0 Å². The molecule has 5 nitrogen and oxygen atoms in total. The molecule has 5 unspecified atom stereocenters. The first-order valence-corrected chi connectivity index (χ1v) is 11.4. The number of aliphatic hydroxyl groups is 3. The van der Waals surface area contributed by atoms with Gasteiger partial charge in [0.25, 0.3) is 0 Å². The molecular formula is C25H33F2NO4. The van der Waals surface area contributed by atoms with E-state index in [9.17, 15) is 24.1 Å². The van der Waals surface area contributed by atoms with Crippen molar-refractivity contribution in [1.82, 2.24) is 5.32 Å². The van der Waals surface area contributed by atoms with Crippen LogP contribution in [0.1, 0.15) is 45.4 Å². The van der Waals surface area contributed by atoms with Gasteiger partial charge in [-0.1, -0.05) is 18.8 Å². The van der Waals surface area contributed by atoms with E-state index >= 15 is 0 Å². The lowest BCUT2D eigenvalue weighted by Crippen LogP contribution is -2.40.